The summed E-state index contributed by atoms with van der Waals surface area (Å²) in [6.45, 7) is 7.07. The first kappa shape index (κ1) is 17.7. The van der Waals surface area contributed by atoms with Gasteiger partial charge in [0.05, 0.1) is 5.69 Å². The molecule has 1 aromatic rings. The van der Waals surface area contributed by atoms with Crippen LogP contribution in [0.1, 0.15) is 51.1 Å². The van der Waals surface area contributed by atoms with Crippen LogP contribution in [0.15, 0.2) is 18.2 Å². The number of hydrogen-bond donors (Lipinski definition) is 0. The second-order valence-corrected chi connectivity index (χ2v) is 7.82. The van der Waals surface area contributed by atoms with E-state index in [0.29, 0.717) is 17.5 Å². The summed E-state index contributed by atoms with van der Waals surface area (Å²) in [4.78, 5) is 21.3. The van der Waals surface area contributed by atoms with Crippen LogP contribution >= 0.6 is 11.6 Å². The van der Waals surface area contributed by atoms with E-state index in [9.17, 15) is 4.79 Å². The minimum atomic E-state index is 0.276. The Labute approximate surface area is 150 Å². The Kier molecular flexibility index (Phi) is 5.77. The summed E-state index contributed by atoms with van der Waals surface area (Å²) in [6.07, 6.45) is 6.45. The maximum atomic E-state index is 12.2. The van der Waals surface area contributed by atoms with Gasteiger partial charge in [0.2, 0.25) is 5.91 Å². The SMILES string of the molecule is CCCCN1C[C@@]2(CCCN(Cc3cccc(Cl)n3)C2)CCC1=O. The van der Waals surface area contributed by atoms with Crippen molar-refractivity contribution in [2.24, 2.45) is 5.41 Å². The van der Waals surface area contributed by atoms with Gasteiger partial charge in [-0.05, 0) is 44.4 Å². The molecule has 1 spiro atoms. The maximum Gasteiger partial charge on any atom is 0.222 e. The van der Waals surface area contributed by atoms with Crippen molar-refractivity contribution in [1.82, 2.24) is 14.8 Å². The lowest BCUT2D eigenvalue weighted by atomic mass is 9.73. The van der Waals surface area contributed by atoms with Gasteiger partial charge in [-0.2, -0.15) is 0 Å². The van der Waals surface area contributed by atoms with Crippen molar-refractivity contribution < 1.29 is 4.79 Å². The second kappa shape index (κ2) is 7.83. The van der Waals surface area contributed by atoms with E-state index in [2.05, 4.69) is 21.7 Å². The fraction of sp³-hybridized carbons (Fsp3) is 0.684. The number of halogens is 1. The fourth-order valence-corrected chi connectivity index (χ4v) is 4.38. The number of likely N-dealkylation sites (tertiary alicyclic amines) is 2. The monoisotopic (exact) mass is 349 g/mol. The van der Waals surface area contributed by atoms with E-state index in [4.69, 9.17) is 11.6 Å². The maximum absolute atomic E-state index is 12.2. The first-order chi connectivity index (χ1) is 11.6. The van der Waals surface area contributed by atoms with E-state index in [1.54, 1.807) is 0 Å². The number of aromatic nitrogens is 1. The van der Waals surface area contributed by atoms with Crippen LogP contribution < -0.4 is 0 Å². The number of amides is 1. The molecule has 3 heterocycles. The smallest absolute Gasteiger partial charge is 0.222 e. The quantitative estimate of drug-likeness (QED) is 0.760. The first-order valence-electron chi connectivity index (χ1n) is 9.22. The summed E-state index contributed by atoms with van der Waals surface area (Å²) in [5.74, 6) is 0.350. The van der Waals surface area contributed by atoms with Gasteiger partial charge in [0.25, 0.3) is 0 Å². The number of nitrogens with zero attached hydrogens (tertiary/aromatic N) is 3. The Hall–Kier alpha value is -1.13. The van der Waals surface area contributed by atoms with Crippen LogP contribution in [0.5, 0.6) is 0 Å². The van der Waals surface area contributed by atoms with Crippen LogP contribution in [-0.2, 0) is 11.3 Å². The molecule has 3 rings (SSSR count). The molecule has 0 unspecified atom stereocenters. The van der Waals surface area contributed by atoms with Crippen molar-refractivity contribution in [3.63, 3.8) is 0 Å². The Morgan fingerprint density at radius 3 is 2.96 bits per heavy atom. The van der Waals surface area contributed by atoms with Gasteiger partial charge in [-0.15, -0.1) is 0 Å². The highest BCUT2D eigenvalue weighted by molar-refractivity contribution is 6.29. The van der Waals surface area contributed by atoms with Crippen molar-refractivity contribution in [3.05, 3.63) is 29.0 Å². The molecule has 2 aliphatic rings. The average molecular weight is 350 g/mol. The van der Waals surface area contributed by atoms with Gasteiger partial charge in [-0.3, -0.25) is 9.69 Å². The Morgan fingerprint density at radius 2 is 2.17 bits per heavy atom. The van der Waals surface area contributed by atoms with Gasteiger partial charge < -0.3 is 4.90 Å². The first-order valence-corrected chi connectivity index (χ1v) is 9.60. The molecule has 0 aliphatic carbocycles. The Balaban J connectivity index is 1.64. The zero-order valence-corrected chi connectivity index (χ0v) is 15.4. The van der Waals surface area contributed by atoms with E-state index >= 15 is 0 Å². The van der Waals surface area contributed by atoms with Crippen LogP contribution in [0.2, 0.25) is 5.15 Å². The summed E-state index contributed by atoms with van der Waals surface area (Å²) < 4.78 is 0. The summed E-state index contributed by atoms with van der Waals surface area (Å²) in [7, 11) is 0. The highest BCUT2D eigenvalue weighted by Gasteiger charge is 2.41. The predicted octanol–water partition coefficient (Wildman–Crippen LogP) is 3.74. The predicted molar refractivity (Wildman–Crippen MR) is 96.9 cm³/mol. The van der Waals surface area contributed by atoms with Gasteiger partial charge in [0, 0.05) is 38.0 Å². The summed E-state index contributed by atoms with van der Waals surface area (Å²) in [5.41, 5.74) is 1.31. The van der Waals surface area contributed by atoms with Crippen molar-refractivity contribution in [2.75, 3.05) is 26.2 Å². The van der Waals surface area contributed by atoms with Gasteiger partial charge in [0.15, 0.2) is 0 Å². The van der Waals surface area contributed by atoms with Crippen LogP contribution in [0.25, 0.3) is 0 Å². The molecule has 1 atom stereocenters. The molecular weight excluding hydrogens is 322 g/mol. The van der Waals surface area contributed by atoms with Gasteiger partial charge in [0.1, 0.15) is 5.15 Å². The highest BCUT2D eigenvalue weighted by atomic mass is 35.5. The third-order valence-electron chi connectivity index (χ3n) is 5.43. The van der Waals surface area contributed by atoms with Gasteiger partial charge >= 0.3 is 0 Å². The zero-order valence-electron chi connectivity index (χ0n) is 14.6. The topological polar surface area (TPSA) is 36.4 Å². The molecule has 132 valence electrons. The molecule has 1 aromatic heterocycles. The van der Waals surface area contributed by atoms with E-state index in [1.807, 2.05) is 18.2 Å². The van der Waals surface area contributed by atoms with Gasteiger partial charge in [-0.25, -0.2) is 4.98 Å². The lowest BCUT2D eigenvalue weighted by molar-refractivity contribution is -0.139. The Bertz CT molecular complexity index is 579. The standard InChI is InChI=1S/C19H28ClN3O/c1-2-3-12-23-15-19(10-8-18(23)24)9-5-11-22(14-19)13-16-6-4-7-17(20)21-16/h4,6-7H,2-3,5,8-15H2,1H3/t19-/m0/s1. The summed E-state index contributed by atoms with van der Waals surface area (Å²) in [5, 5.41) is 0.563. The fourth-order valence-electron chi connectivity index (χ4n) is 4.20. The third kappa shape index (κ3) is 4.28. The van der Waals surface area contributed by atoms with Crippen molar-refractivity contribution >= 4 is 17.5 Å². The van der Waals surface area contributed by atoms with E-state index in [-0.39, 0.29) is 5.41 Å². The minimum absolute atomic E-state index is 0.276. The van der Waals surface area contributed by atoms with E-state index < -0.39 is 0 Å². The molecule has 0 saturated carbocycles. The van der Waals surface area contributed by atoms with Crippen molar-refractivity contribution in [3.8, 4) is 0 Å². The molecule has 2 aliphatic heterocycles. The van der Waals surface area contributed by atoms with Crippen molar-refractivity contribution in [1.29, 1.82) is 0 Å². The average Bonchev–Trinajstić information content (AvgIpc) is 2.56. The van der Waals surface area contributed by atoms with E-state index in [1.165, 1.54) is 12.8 Å². The Morgan fingerprint density at radius 1 is 1.29 bits per heavy atom. The van der Waals surface area contributed by atoms with Gasteiger partial charge in [-0.1, -0.05) is 31.0 Å². The highest BCUT2D eigenvalue weighted by Crippen LogP contribution is 2.39. The molecule has 0 radical (unpaired) electrons. The number of pyridine rings is 1. The zero-order chi connectivity index (χ0) is 17.0. The van der Waals surface area contributed by atoms with E-state index in [0.717, 1.165) is 57.7 Å². The van der Waals surface area contributed by atoms with Crippen molar-refractivity contribution in [2.45, 2.75) is 52.0 Å². The summed E-state index contributed by atoms with van der Waals surface area (Å²) in [6, 6.07) is 5.84. The number of carbonyl (C=O) groups excluding carboxylic acids is 1. The number of carbonyl (C=O) groups is 1. The number of rotatable bonds is 5. The molecule has 4 nitrogen and oxygen atoms in total. The molecule has 24 heavy (non-hydrogen) atoms. The normalized spacial score (nSPS) is 25.4. The molecule has 0 aromatic carbocycles. The lowest BCUT2D eigenvalue weighted by Gasteiger charge is -2.48. The third-order valence-corrected chi connectivity index (χ3v) is 5.64. The number of unbranched alkanes of at least 4 members (excludes halogenated alkanes) is 1. The largest absolute Gasteiger partial charge is 0.342 e. The van der Waals surface area contributed by atoms with Crippen LogP contribution in [0.4, 0.5) is 0 Å². The second-order valence-electron chi connectivity index (χ2n) is 7.43. The number of hydrogen-bond acceptors (Lipinski definition) is 3. The molecule has 2 fully saturated rings. The number of piperidine rings is 2. The van der Waals surface area contributed by atoms with Crippen LogP contribution in [-0.4, -0.2) is 46.9 Å². The van der Waals surface area contributed by atoms with Crippen LogP contribution in [0.3, 0.4) is 0 Å². The molecular formula is C19H28ClN3O. The van der Waals surface area contributed by atoms with Crippen LogP contribution in [0, 0.1) is 5.41 Å². The minimum Gasteiger partial charge on any atom is -0.342 e. The molecule has 1 amide bonds. The molecule has 0 bridgehead atoms. The molecule has 5 heteroatoms. The molecule has 0 N–H and O–H groups in total. The summed E-state index contributed by atoms with van der Waals surface area (Å²) >= 11 is 6.01. The lowest BCUT2D eigenvalue weighted by Crippen LogP contribution is -2.54. The molecule has 2 saturated heterocycles.